The third kappa shape index (κ3) is 5.35. The maximum atomic E-state index is 13.6. The topological polar surface area (TPSA) is 96.4 Å². The molecule has 0 radical (unpaired) electrons. The molecule has 0 bridgehead atoms. The van der Waals surface area contributed by atoms with Gasteiger partial charge in [0, 0.05) is 43.7 Å². The van der Waals surface area contributed by atoms with Gasteiger partial charge in [-0.2, -0.15) is 0 Å². The maximum absolute atomic E-state index is 13.6. The van der Waals surface area contributed by atoms with Crippen LogP contribution in [0, 0.1) is 12.1 Å². The van der Waals surface area contributed by atoms with E-state index < -0.39 is 10.7 Å². The summed E-state index contributed by atoms with van der Waals surface area (Å²) in [6.07, 6.45) is 0.644. The van der Waals surface area contributed by atoms with Gasteiger partial charge in [-0.3, -0.25) is 9.55 Å². The number of aryl methyl sites for hydroxylation is 1. The highest BCUT2D eigenvalue weighted by molar-refractivity contribution is 5.88. The average molecular weight is 475 g/mol. The zero-order valence-electron chi connectivity index (χ0n) is 20.8. The number of amides is 2. The number of pyridine rings is 1. The fraction of sp³-hybridized carbons (Fsp3) is 0.500. The van der Waals surface area contributed by atoms with Crippen molar-refractivity contribution in [2.45, 2.75) is 13.3 Å². The van der Waals surface area contributed by atoms with Crippen molar-refractivity contribution in [2.24, 2.45) is 0 Å². The van der Waals surface area contributed by atoms with Crippen LogP contribution in [-0.4, -0.2) is 83.9 Å². The molecule has 10 nitrogen and oxygen atoms in total. The largest absolute Gasteiger partial charge is 0.624 e. The first-order chi connectivity index (χ1) is 16.3. The highest BCUT2D eigenvalue weighted by Crippen LogP contribution is 2.32. The Morgan fingerprint density at radius 1 is 1.06 bits per heavy atom. The molecule has 1 fully saturated rings. The van der Waals surface area contributed by atoms with E-state index in [4.69, 9.17) is 18.9 Å². The Labute approximate surface area is 200 Å². The molecule has 0 unspecified atom stereocenters. The summed E-state index contributed by atoms with van der Waals surface area (Å²) in [5.41, 5.74) is 3.09. The van der Waals surface area contributed by atoms with E-state index in [0.717, 1.165) is 16.9 Å². The zero-order chi connectivity index (χ0) is 24.9. The van der Waals surface area contributed by atoms with Gasteiger partial charge in [0.15, 0.2) is 0 Å². The fourth-order valence-electron chi connectivity index (χ4n) is 4.06. The van der Waals surface area contributed by atoms with E-state index in [1.165, 1.54) is 12.0 Å². The van der Waals surface area contributed by atoms with E-state index in [9.17, 15) is 10.0 Å². The molecule has 0 spiro atoms. The molecule has 2 amide bonds. The Morgan fingerprint density at radius 3 is 2.21 bits per heavy atom. The van der Waals surface area contributed by atoms with Crippen molar-refractivity contribution in [3.63, 3.8) is 0 Å². The monoisotopic (exact) mass is 474 g/mol. The molecule has 1 saturated heterocycles. The van der Waals surface area contributed by atoms with Crippen LogP contribution in [0.4, 0.5) is 16.2 Å². The summed E-state index contributed by atoms with van der Waals surface area (Å²) in [5, 5.41) is 13.6. The summed E-state index contributed by atoms with van der Waals surface area (Å²) >= 11 is 0. The number of hydrogen-bond donors (Lipinski definition) is 0. The number of urea groups is 1. The predicted octanol–water partition coefficient (Wildman–Crippen LogP) is 3.00. The van der Waals surface area contributed by atoms with Gasteiger partial charge in [-0.05, 0) is 25.0 Å². The molecular formula is C24H34N4O6. The molecule has 3 rings (SSSR count). The van der Waals surface area contributed by atoms with E-state index in [2.05, 4.69) is 9.88 Å². The lowest BCUT2D eigenvalue weighted by Crippen LogP contribution is -2.62. The normalized spacial score (nSPS) is 15.1. The minimum Gasteiger partial charge on any atom is -0.624 e. The van der Waals surface area contributed by atoms with Gasteiger partial charge in [-0.25, -0.2) is 9.78 Å². The molecule has 0 saturated carbocycles. The molecule has 1 aromatic heterocycles. The smallest absolute Gasteiger partial charge is 0.423 e. The summed E-state index contributed by atoms with van der Waals surface area (Å²) in [4.78, 5) is 21.3. The second kappa shape index (κ2) is 10.9. The highest BCUT2D eigenvalue weighted by Gasteiger charge is 2.37. The van der Waals surface area contributed by atoms with Gasteiger partial charge in [0.25, 0.3) is 0 Å². The number of aromatic nitrogens is 1. The number of benzene rings is 1. The minimum absolute atomic E-state index is 0.112. The molecule has 186 valence electrons. The molecule has 2 aromatic rings. The number of carbonyl (C=O) groups is 1. The van der Waals surface area contributed by atoms with Crippen LogP contribution >= 0.6 is 0 Å². The van der Waals surface area contributed by atoms with E-state index in [0.29, 0.717) is 49.2 Å². The lowest BCUT2D eigenvalue weighted by Gasteiger charge is -2.47. The summed E-state index contributed by atoms with van der Waals surface area (Å²) in [5.74, 6) is 1.65. The molecular weight excluding hydrogens is 440 g/mol. The standard InChI is InChI=1S/C24H34N4O6/c1-17-18(7-12-31-3)13-22(23(25-17)34-6)26(2)24(29)28(30)10-8-27(9-11-28)19-14-20(32-4)16-21(15-19)33-5/h13-16H,7-12H2,1-6H3. The van der Waals surface area contributed by atoms with Crippen LogP contribution in [0.3, 0.4) is 0 Å². The summed E-state index contributed by atoms with van der Waals surface area (Å²) < 4.78 is 20.3. The van der Waals surface area contributed by atoms with Crippen molar-refractivity contribution >= 4 is 17.4 Å². The van der Waals surface area contributed by atoms with Gasteiger partial charge in [-0.1, -0.05) is 0 Å². The highest BCUT2D eigenvalue weighted by atomic mass is 16.6. The third-order valence-corrected chi connectivity index (χ3v) is 6.19. The molecule has 1 aliphatic rings. The molecule has 1 aromatic carbocycles. The Balaban J connectivity index is 1.78. The predicted molar refractivity (Wildman–Crippen MR) is 130 cm³/mol. The van der Waals surface area contributed by atoms with Gasteiger partial charge >= 0.3 is 6.03 Å². The first-order valence-electron chi connectivity index (χ1n) is 11.1. The van der Waals surface area contributed by atoms with Crippen molar-refractivity contribution < 1.29 is 28.4 Å². The van der Waals surface area contributed by atoms with Crippen molar-refractivity contribution in [2.75, 3.05) is 78.1 Å². The van der Waals surface area contributed by atoms with Crippen molar-refractivity contribution in [3.05, 3.63) is 40.7 Å². The van der Waals surface area contributed by atoms with Gasteiger partial charge in [-0.15, -0.1) is 0 Å². The van der Waals surface area contributed by atoms with E-state index in [1.54, 1.807) is 34.4 Å². The quantitative estimate of drug-likeness (QED) is 0.426. The van der Waals surface area contributed by atoms with Crippen LogP contribution in [0.5, 0.6) is 17.4 Å². The van der Waals surface area contributed by atoms with Crippen molar-refractivity contribution in [1.82, 2.24) is 4.98 Å². The molecule has 0 aliphatic carbocycles. The molecule has 10 heteroatoms. The molecule has 2 heterocycles. The third-order valence-electron chi connectivity index (χ3n) is 6.19. The van der Waals surface area contributed by atoms with Crippen LogP contribution in [0.2, 0.25) is 0 Å². The number of ether oxygens (including phenoxy) is 4. The Hall–Kier alpha value is -3.08. The van der Waals surface area contributed by atoms with Gasteiger partial charge in [0.1, 0.15) is 30.3 Å². The van der Waals surface area contributed by atoms with Crippen LogP contribution < -0.4 is 24.0 Å². The number of nitrogens with zero attached hydrogens (tertiary/aromatic N) is 4. The first kappa shape index (κ1) is 25.5. The number of carbonyl (C=O) groups excluding carboxylic acids is 1. The fourth-order valence-corrected chi connectivity index (χ4v) is 4.06. The Kier molecular flexibility index (Phi) is 8.19. The molecule has 1 aliphatic heterocycles. The number of quaternary nitrogens is 1. The number of methoxy groups -OCH3 is 4. The first-order valence-corrected chi connectivity index (χ1v) is 11.1. The number of hydroxylamine groups is 3. The van der Waals surface area contributed by atoms with Crippen molar-refractivity contribution in [1.29, 1.82) is 0 Å². The number of hydrogen-bond acceptors (Lipinski definition) is 8. The van der Waals surface area contributed by atoms with Gasteiger partial charge < -0.3 is 29.1 Å². The molecule has 0 N–H and O–H groups in total. The lowest BCUT2D eigenvalue weighted by atomic mass is 10.1. The van der Waals surface area contributed by atoms with Gasteiger partial charge in [0.2, 0.25) is 5.88 Å². The van der Waals surface area contributed by atoms with E-state index >= 15 is 0 Å². The van der Waals surface area contributed by atoms with Crippen LogP contribution in [-0.2, 0) is 11.2 Å². The second-order valence-corrected chi connectivity index (χ2v) is 8.24. The van der Waals surface area contributed by atoms with Crippen molar-refractivity contribution in [3.8, 4) is 17.4 Å². The SMILES string of the molecule is COCCc1cc(N(C)C(=O)[N+]2([O-])CCN(c3cc(OC)cc(OC)c3)CC2)c(OC)nc1C. The van der Waals surface area contributed by atoms with Crippen LogP contribution in [0.15, 0.2) is 24.3 Å². The average Bonchev–Trinajstić information content (AvgIpc) is 2.86. The van der Waals surface area contributed by atoms with Gasteiger partial charge in [0.05, 0.1) is 41.0 Å². The van der Waals surface area contributed by atoms with E-state index in [1.807, 2.05) is 25.1 Å². The summed E-state index contributed by atoms with van der Waals surface area (Å²) in [6, 6.07) is 6.88. The summed E-state index contributed by atoms with van der Waals surface area (Å²) in [6.45, 7) is 3.47. The maximum Gasteiger partial charge on any atom is 0.423 e. The zero-order valence-corrected chi connectivity index (χ0v) is 20.8. The van der Waals surface area contributed by atoms with Crippen LogP contribution in [0.1, 0.15) is 11.3 Å². The lowest BCUT2D eigenvalue weighted by molar-refractivity contribution is -0.798. The van der Waals surface area contributed by atoms with Crippen LogP contribution in [0.25, 0.3) is 0 Å². The number of piperazine rings is 1. The Morgan fingerprint density at radius 2 is 1.68 bits per heavy atom. The number of rotatable bonds is 8. The van der Waals surface area contributed by atoms with E-state index in [-0.39, 0.29) is 13.1 Å². The summed E-state index contributed by atoms with van der Waals surface area (Å²) in [7, 11) is 7.92. The molecule has 0 atom stereocenters. The number of anilines is 2. The minimum atomic E-state index is -0.960. The second-order valence-electron chi connectivity index (χ2n) is 8.24. The Bertz CT molecular complexity index is 985. The molecule has 34 heavy (non-hydrogen) atoms.